The van der Waals surface area contributed by atoms with Crippen LogP contribution in [-0.2, 0) is 4.74 Å². The van der Waals surface area contributed by atoms with Gasteiger partial charge in [-0.25, -0.2) is 0 Å². The Bertz CT molecular complexity index is 134. The van der Waals surface area contributed by atoms with Gasteiger partial charge in [0.15, 0.2) is 0 Å². The van der Waals surface area contributed by atoms with Gasteiger partial charge in [-0.2, -0.15) is 11.8 Å². The predicted molar refractivity (Wildman–Crippen MR) is 47.8 cm³/mol. The van der Waals surface area contributed by atoms with Crippen molar-refractivity contribution < 1.29 is 4.74 Å². The summed E-state index contributed by atoms with van der Waals surface area (Å²) in [6.45, 7) is 1.89. The van der Waals surface area contributed by atoms with Crippen LogP contribution in [-0.4, -0.2) is 30.3 Å². The summed E-state index contributed by atoms with van der Waals surface area (Å²) in [5.41, 5.74) is 5.94. The molecule has 1 heterocycles. The summed E-state index contributed by atoms with van der Waals surface area (Å²) in [4.78, 5) is 0. The fraction of sp³-hybridized carbons (Fsp3) is 1.00. The molecule has 2 rings (SSSR count). The maximum absolute atomic E-state index is 5.94. The van der Waals surface area contributed by atoms with Crippen LogP contribution in [0.5, 0.6) is 0 Å². The summed E-state index contributed by atoms with van der Waals surface area (Å²) in [7, 11) is 0. The minimum absolute atomic E-state index is 0.459. The first-order chi connectivity index (χ1) is 5.36. The molecule has 1 saturated heterocycles. The van der Waals surface area contributed by atoms with Crippen molar-refractivity contribution in [1.29, 1.82) is 0 Å². The van der Waals surface area contributed by atoms with Crippen molar-refractivity contribution >= 4 is 11.8 Å². The van der Waals surface area contributed by atoms with Crippen LogP contribution in [0.25, 0.3) is 0 Å². The van der Waals surface area contributed by atoms with E-state index in [4.69, 9.17) is 10.5 Å². The second-order valence-electron chi connectivity index (χ2n) is 3.49. The Morgan fingerprint density at radius 2 is 2.18 bits per heavy atom. The first-order valence-electron chi connectivity index (χ1n) is 4.31. The quantitative estimate of drug-likeness (QED) is 0.684. The molecule has 64 valence electrons. The number of rotatable bonds is 4. The van der Waals surface area contributed by atoms with E-state index in [9.17, 15) is 0 Å². The Morgan fingerprint density at radius 1 is 1.45 bits per heavy atom. The standard InChI is InChI=1S/C8H15NOS/c9-8(6-1-2-6)5-11-7-3-10-4-7/h6-8H,1-5,9H2. The first-order valence-corrected chi connectivity index (χ1v) is 5.36. The van der Waals surface area contributed by atoms with Crippen LogP contribution in [0.15, 0.2) is 0 Å². The zero-order chi connectivity index (χ0) is 7.68. The average Bonchev–Trinajstić information content (AvgIpc) is 2.64. The molecule has 0 aromatic carbocycles. The van der Waals surface area contributed by atoms with E-state index in [0.29, 0.717) is 6.04 Å². The van der Waals surface area contributed by atoms with Crippen molar-refractivity contribution in [3.05, 3.63) is 0 Å². The van der Waals surface area contributed by atoms with Gasteiger partial charge in [0.05, 0.1) is 18.5 Å². The zero-order valence-electron chi connectivity index (χ0n) is 6.66. The molecular weight excluding hydrogens is 158 g/mol. The molecule has 1 aliphatic heterocycles. The highest BCUT2D eigenvalue weighted by molar-refractivity contribution is 8.00. The minimum atomic E-state index is 0.459. The van der Waals surface area contributed by atoms with Crippen LogP contribution >= 0.6 is 11.8 Å². The highest BCUT2D eigenvalue weighted by Gasteiger charge is 2.29. The molecule has 0 aromatic heterocycles. The zero-order valence-corrected chi connectivity index (χ0v) is 7.48. The van der Waals surface area contributed by atoms with E-state index in [1.807, 2.05) is 11.8 Å². The SMILES string of the molecule is NC(CSC1COC1)C1CC1. The van der Waals surface area contributed by atoms with Gasteiger partial charge in [-0.15, -0.1) is 0 Å². The maximum atomic E-state index is 5.94. The molecule has 11 heavy (non-hydrogen) atoms. The van der Waals surface area contributed by atoms with Crippen molar-refractivity contribution in [2.24, 2.45) is 11.7 Å². The maximum Gasteiger partial charge on any atom is 0.0607 e. The van der Waals surface area contributed by atoms with Gasteiger partial charge in [0.25, 0.3) is 0 Å². The number of hydrogen-bond acceptors (Lipinski definition) is 3. The lowest BCUT2D eigenvalue weighted by Crippen LogP contribution is -2.34. The Morgan fingerprint density at radius 3 is 2.64 bits per heavy atom. The fourth-order valence-corrected chi connectivity index (χ4v) is 2.37. The van der Waals surface area contributed by atoms with Crippen molar-refractivity contribution in [3.8, 4) is 0 Å². The van der Waals surface area contributed by atoms with E-state index in [-0.39, 0.29) is 0 Å². The highest BCUT2D eigenvalue weighted by atomic mass is 32.2. The smallest absolute Gasteiger partial charge is 0.0607 e. The minimum Gasteiger partial charge on any atom is -0.379 e. The Hall–Kier alpha value is 0.270. The molecule has 1 aliphatic carbocycles. The normalized spacial score (nSPS) is 28.1. The molecule has 0 radical (unpaired) electrons. The van der Waals surface area contributed by atoms with E-state index in [1.165, 1.54) is 12.8 Å². The van der Waals surface area contributed by atoms with Gasteiger partial charge in [-0.1, -0.05) is 0 Å². The largest absolute Gasteiger partial charge is 0.379 e. The van der Waals surface area contributed by atoms with Gasteiger partial charge in [-0.3, -0.25) is 0 Å². The van der Waals surface area contributed by atoms with E-state index in [0.717, 1.165) is 30.1 Å². The average molecular weight is 173 g/mol. The van der Waals surface area contributed by atoms with Gasteiger partial charge in [0, 0.05) is 11.8 Å². The van der Waals surface area contributed by atoms with E-state index >= 15 is 0 Å². The lowest BCUT2D eigenvalue weighted by Gasteiger charge is -2.26. The number of nitrogens with two attached hydrogens (primary N) is 1. The predicted octanol–water partition coefficient (Wildman–Crippen LogP) is 0.856. The van der Waals surface area contributed by atoms with Gasteiger partial charge >= 0.3 is 0 Å². The number of thioether (sulfide) groups is 1. The summed E-state index contributed by atoms with van der Waals surface area (Å²) in [5.74, 6) is 1.99. The molecule has 0 bridgehead atoms. The second kappa shape index (κ2) is 3.33. The Kier molecular flexibility index (Phi) is 2.39. The summed E-state index contributed by atoms with van der Waals surface area (Å²) >= 11 is 1.99. The summed E-state index contributed by atoms with van der Waals surface area (Å²) in [6, 6.07) is 0.459. The third kappa shape index (κ3) is 2.10. The summed E-state index contributed by atoms with van der Waals surface area (Å²) < 4.78 is 5.08. The molecular formula is C8H15NOS. The molecule has 0 amide bonds. The first kappa shape index (κ1) is 7.90. The van der Waals surface area contributed by atoms with Gasteiger partial charge in [0.1, 0.15) is 0 Å². The molecule has 2 fully saturated rings. The number of hydrogen-bond donors (Lipinski definition) is 1. The van der Waals surface area contributed by atoms with Gasteiger partial charge in [0.2, 0.25) is 0 Å². The Labute approximate surface area is 71.9 Å². The van der Waals surface area contributed by atoms with Crippen LogP contribution in [0.4, 0.5) is 0 Å². The molecule has 3 heteroatoms. The van der Waals surface area contributed by atoms with E-state index in [1.54, 1.807) is 0 Å². The molecule has 2 N–H and O–H groups in total. The molecule has 1 atom stereocenters. The third-order valence-electron chi connectivity index (χ3n) is 2.36. The van der Waals surface area contributed by atoms with Crippen LogP contribution in [0.1, 0.15) is 12.8 Å². The van der Waals surface area contributed by atoms with Crippen molar-refractivity contribution in [1.82, 2.24) is 0 Å². The van der Waals surface area contributed by atoms with Crippen LogP contribution < -0.4 is 5.73 Å². The molecule has 1 saturated carbocycles. The van der Waals surface area contributed by atoms with Gasteiger partial charge < -0.3 is 10.5 Å². The van der Waals surface area contributed by atoms with Gasteiger partial charge in [-0.05, 0) is 18.8 Å². The van der Waals surface area contributed by atoms with Crippen molar-refractivity contribution in [2.75, 3.05) is 19.0 Å². The monoisotopic (exact) mass is 173 g/mol. The molecule has 1 unspecified atom stereocenters. The van der Waals surface area contributed by atoms with E-state index < -0.39 is 0 Å². The second-order valence-corrected chi connectivity index (χ2v) is 4.83. The van der Waals surface area contributed by atoms with Crippen molar-refractivity contribution in [2.45, 2.75) is 24.1 Å². The molecule has 0 aromatic rings. The van der Waals surface area contributed by atoms with Crippen LogP contribution in [0, 0.1) is 5.92 Å². The molecule has 0 spiro atoms. The van der Waals surface area contributed by atoms with Crippen LogP contribution in [0.2, 0.25) is 0 Å². The lowest BCUT2D eigenvalue weighted by atomic mass is 10.2. The highest BCUT2D eigenvalue weighted by Crippen LogP contribution is 2.33. The third-order valence-corrected chi connectivity index (χ3v) is 3.68. The number of ether oxygens (including phenoxy) is 1. The summed E-state index contributed by atoms with van der Waals surface area (Å²) in [6.07, 6.45) is 2.73. The Balaban J connectivity index is 1.57. The topological polar surface area (TPSA) is 35.2 Å². The molecule has 2 nitrogen and oxygen atoms in total. The van der Waals surface area contributed by atoms with Crippen LogP contribution in [0.3, 0.4) is 0 Å². The fourth-order valence-electron chi connectivity index (χ4n) is 1.22. The lowest BCUT2D eigenvalue weighted by molar-refractivity contribution is 0.0455. The molecule has 2 aliphatic rings. The van der Waals surface area contributed by atoms with E-state index in [2.05, 4.69) is 0 Å². The summed E-state index contributed by atoms with van der Waals surface area (Å²) in [5, 5.41) is 0.750. The van der Waals surface area contributed by atoms with Crippen molar-refractivity contribution in [3.63, 3.8) is 0 Å².